The zero-order chi connectivity index (χ0) is 12.0. The van der Waals surface area contributed by atoms with Gasteiger partial charge < -0.3 is 9.64 Å². The number of carbonyl (C=O) groups is 1. The van der Waals surface area contributed by atoms with Crippen molar-refractivity contribution in [2.24, 2.45) is 0 Å². The fourth-order valence-corrected chi connectivity index (χ4v) is 2.14. The Morgan fingerprint density at radius 3 is 2.81 bits per heavy atom. The third-order valence-corrected chi connectivity index (χ3v) is 3.23. The Morgan fingerprint density at radius 1 is 1.56 bits per heavy atom. The molecule has 90 valence electrons. The Morgan fingerprint density at radius 2 is 2.31 bits per heavy atom. The first-order valence-electron chi connectivity index (χ1n) is 5.51. The summed E-state index contributed by atoms with van der Waals surface area (Å²) in [6.07, 6.45) is 1.19. The van der Waals surface area contributed by atoms with E-state index in [1.165, 1.54) is 0 Å². The molecule has 1 unspecified atom stereocenters. The largest absolute Gasteiger partial charge is 0.457 e. The highest BCUT2D eigenvalue weighted by atomic mass is 32.1. The minimum atomic E-state index is -0.128. The molecule has 3 nitrogen and oxygen atoms in total. The van der Waals surface area contributed by atoms with Crippen molar-refractivity contribution in [1.82, 2.24) is 4.90 Å². The lowest BCUT2D eigenvalue weighted by Crippen LogP contribution is -2.18. The van der Waals surface area contributed by atoms with Crippen LogP contribution >= 0.6 is 11.3 Å². The summed E-state index contributed by atoms with van der Waals surface area (Å²) in [5.74, 6) is -0.128. The molecule has 16 heavy (non-hydrogen) atoms. The molecular weight excluding hydrogens is 222 g/mol. The van der Waals surface area contributed by atoms with Gasteiger partial charge in [0.05, 0.1) is 0 Å². The van der Waals surface area contributed by atoms with Crippen LogP contribution in [0.3, 0.4) is 0 Å². The summed E-state index contributed by atoms with van der Waals surface area (Å²) in [5.41, 5.74) is 0. The molecular formula is C12H19NO2S. The normalized spacial score (nSPS) is 12.8. The predicted octanol–water partition coefficient (Wildman–Crippen LogP) is 2.69. The predicted molar refractivity (Wildman–Crippen MR) is 66.6 cm³/mol. The average molecular weight is 241 g/mol. The lowest BCUT2D eigenvalue weighted by Gasteiger charge is -2.18. The molecule has 1 aromatic heterocycles. The number of hydrogen-bond donors (Lipinski definition) is 0. The van der Waals surface area contributed by atoms with Gasteiger partial charge in [-0.15, -0.1) is 11.3 Å². The van der Waals surface area contributed by atoms with E-state index in [2.05, 4.69) is 4.90 Å². The summed E-state index contributed by atoms with van der Waals surface area (Å²) >= 11 is 1.64. The summed E-state index contributed by atoms with van der Waals surface area (Å²) in [6.45, 7) is 2.74. The van der Waals surface area contributed by atoms with Gasteiger partial charge in [-0.2, -0.15) is 0 Å². The monoisotopic (exact) mass is 241 g/mol. The quantitative estimate of drug-likeness (QED) is 0.717. The topological polar surface area (TPSA) is 29.5 Å². The maximum Gasteiger partial charge on any atom is 0.306 e. The van der Waals surface area contributed by atoms with Crippen LogP contribution in [0, 0.1) is 0 Å². The van der Waals surface area contributed by atoms with Crippen LogP contribution in [0.4, 0.5) is 0 Å². The van der Waals surface area contributed by atoms with Crippen molar-refractivity contribution in [1.29, 1.82) is 0 Å². The average Bonchev–Trinajstić information content (AvgIpc) is 2.76. The summed E-state index contributed by atoms with van der Waals surface area (Å²) < 4.78 is 5.44. The fourth-order valence-electron chi connectivity index (χ4n) is 1.35. The number of rotatable bonds is 6. The Hall–Kier alpha value is -0.870. The zero-order valence-electron chi connectivity index (χ0n) is 10.1. The lowest BCUT2D eigenvalue weighted by atomic mass is 10.2. The van der Waals surface area contributed by atoms with E-state index in [-0.39, 0.29) is 12.1 Å². The zero-order valence-corrected chi connectivity index (χ0v) is 10.9. The SMILES string of the molecule is CCC(=O)OC(CCN(C)C)c1cccs1. The van der Waals surface area contributed by atoms with Gasteiger partial charge in [-0.05, 0) is 25.5 Å². The molecule has 1 heterocycles. The van der Waals surface area contributed by atoms with E-state index in [9.17, 15) is 4.79 Å². The van der Waals surface area contributed by atoms with Crippen LogP contribution in [0.2, 0.25) is 0 Å². The minimum absolute atomic E-state index is 0.0881. The summed E-state index contributed by atoms with van der Waals surface area (Å²) in [4.78, 5) is 14.6. The molecule has 0 radical (unpaired) electrons. The molecule has 1 atom stereocenters. The molecule has 0 aliphatic rings. The third kappa shape index (κ3) is 4.33. The molecule has 0 aliphatic heterocycles. The molecule has 0 N–H and O–H groups in total. The van der Waals surface area contributed by atoms with Crippen molar-refractivity contribution in [2.45, 2.75) is 25.9 Å². The second-order valence-corrected chi connectivity index (χ2v) is 4.92. The molecule has 1 rings (SSSR count). The van der Waals surface area contributed by atoms with Crippen molar-refractivity contribution in [3.8, 4) is 0 Å². The highest BCUT2D eigenvalue weighted by Gasteiger charge is 2.16. The van der Waals surface area contributed by atoms with Gasteiger partial charge in [-0.3, -0.25) is 4.79 Å². The maximum absolute atomic E-state index is 11.3. The van der Waals surface area contributed by atoms with Crippen molar-refractivity contribution >= 4 is 17.3 Å². The van der Waals surface area contributed by atoms with Crippen LogP contribution in [0.25, 0.3) is 0 Å². The number of hydrogen-bond acceptors (Lipinski definition) is 4. The number of ether oxygens (including phenoxy) is 1. The first-order valence-corrected chi connectivity index (χ1v) is 6.39. The van der Waals surface area contributed by atoms with Crippen LogP contribution in [-0.2, 0) is 9.53 Å². The molecule has 0 aliphatic carbocycles. The second-order valence-electron chi connectivity index (χ2n) is 3.94. The van der Waals surface area contributed by atoms with Gasteiger partial charge in [-0.25, -0.2) is 0 Å². The van der Waals surface area contributed by atoms with Crippen molar-refractivity contribution in [3.05, 3.63) is 22.4 Å². The molecule has 1 aromatic rings. The van der Waals surface area contributed by atoms with Gasteiger partial charge in [0.15, 0.2) is 0 Å². The van der Waals surface area contributed by atoms with Crippen LogP contribution in [0.1, 0.15) is 30.7 Å². The van der Waals surface area contributed by atoms with Crippen LogP contribution < -0.4 is 0 Å². The summed E-state index contributed by atoms with van der Waals surface area (Å²) in [7, 11) is 4.04. The molecule has 4 heteroatoms. The van der Waals surface area contributed by atoms with Gasteiger partial charge >= 0.3 is 5.97 Å². The van der Waals surface area contributed by atoms with Crippen LogP contribution in [0.5, 0.6) is 0 Å². The van der Waals surface area contributed by atoms with Crippen molar-refractivity contribution in [2.75, 3.05) is 20.6 Å². The molecule has 0 fully saturated rings. The van der Waals surface area contributed by atoms with E-state index in [1.54, 1.807) is 11.3 Å². The van der Waals surface area contributed by atoms with Gasteiger partial charge in [-0.1, -0.05) is 13.0 Å². The van der Waals surface area contributed by atoms with E-state index in [4.69, 9.17) is 4.74 Å². The first-order chi connectivity index (χ1) is 7.63. The molecule has 0 saturated heterocycles. The van der Waals surface area contributed by atoms with E-state index >= 15 is 0 Å². The highest BCUT2D eigenvalue weighted by molar-refractivity contribution is 7.10. The minimum Gasteiger partial charge on any atom is -0.457 e. The van der Waals surface area contributed by atoms with E-state index in [0.717, 1.165) is 17.8 Å². The summed E-state index contributed by atoms with van der Waals surface area (Å²) in [5, 5.41) is 2.01. The molecule has 0 bridgehead atoms. The molecule has 0 spiro atoms. The Labute approximate surface area is 101 Å². The number of carbonyl (C=O) groups excluding carboxylic acids is 1. The molecule has 0 saturated carbocycles. The molecule has 0 amide bonds. The number of thiophene rings is 1. The van der Waals surface area contributed by atoms with Gasteiger partial charge in [0.1, 0.15) is 6.10 Å². The highest BCUT2D eigenvalue weighted by Crippen LogP contribution is 2.26. The second kappa shape index (κ2) is 6.66. The number of esters is 1. The number of nitrogens with zero attached hydrogens (tertiary/aromatic N) is 1. The lowest BCUT2D eigenvalue weighted by molar-refractivity contribution is -0.149. The van der Waals surface area contributed by atoms with Crippen LogP contribution in [0.15, 0.2) is 17.5 Å². The van der Waals surface area contributed by atoms with Gasteiger partial charge in [0, 0.05) is 24.3 Å². The van der Waals surface area contributed by atoms with Gasteiger partial charge in [0.2, 0.25) is 0 Å². The Balaban J connectivity index is 2.58. The summed E-state index contributed by atoms with van der Waals surface area (Å²) in [6, 6.07) is 4.01. The fraction of sp³-hybridized carbons (Fsp3) is 0.583. The van der Waals surface area contributed by atoms with Gasteiger partial charge in [0.25, 0.3) is 0 Å². The molecule has 0 aromatic carbocycles. The van der Waals surface area contributed by atoms with Crippen molar-refractivity contribution in [3.63, 3.8) is 0 Å². The Bertz CT molecular complexity index is 309. The smallest absolute Gasteiger partial charge is 0.306 e. The van der Waals surface area contributed by atoms with E-state index in [0.29, 0.717) is 6.42 Å². The third-order valence-electron chi connectivity index (χ3n) is 2.26. The maximum atomic E-state index is 11.3. The van der Waals surface area contributed by atoms with E-state index < -0.39 is 0 Å². The Kier molecular flexibility index (Phi) is 5.49. The first kappa shape index (κ1) is 13.2. The van der Waals surface area contributed by atoms with E-state index in [1.807, 2.05) is 38.5 Å². The standard InChI is InChI=1S/C12H19NO2S/c1-4-12(14)15-10(7-8-13(2)3)11-6-5-9-16-11/h5-6,9-10H,4,7-8H2,1-3H3. The van der Waals surface area contributed by atoms with Crippen molar-refractivity contribution < 1.29 is 9.53 Å². The van der Waals surface area contributed by atoms with Crippen LogP contribution in [-0.4, -0.2) is 31.5 Å².